The Hall–Kier alpha value is -0.610. The number of hydrogen-bond acceptors (Lipinski definition) is 3. The lowest BCUT2D eigenvalue weighted by atomic mass is 9.48. The third-order valence-electron chi connectivity index (χ3n) is 7.40. The minimum absolute atomic E-state index is 0.196. The summed E-state index contributed by atoms with van der Waals surface area (Å²) >= 11 is 0. The van der Waals surface area contributed by atoms with Gasteiger partial charge in [-0.2, -0.15) is 0 Å². The van der Waals surface area contributed by atoms with E-state index in [9.17, 15) is 4.79 Å². The second-order valence-electron chi connectivity index (χ2n) is 8.23. The van der Waals surface area contributed by atoms with E-state index in [1.54, 1.807) is 0 Å². The molecule has 116 valence electrons. The van der Waals surface area contributed by atoms with E-state index in [0.717, 1.165) is 31.2 Å². The first-order chi connectivity index (χ1) is 10.1. The van der Waals surface area contributed by atoms with Crippen molar-refractivity contribution in [3.05, 3.63) is 0 Å². The number of carbonyl (C=O) groups excluding carboxylic acids is 1. The van der Waals surface area contributed by atoms with Gasteiger partial charge in [0.2, 0.25) is 5.91 Å². The number of ether oxygens (including phenoxy) is 1. The van der Waals surface area contributed by atoms with E-state index in [-0.39, 0.29) is 23.3 Å². The third-order valence-corrected chi connectivity index (χ3v) is 7.40. The summed E-state index contributed by atoms with van der Waals surface area (Å²) < 4.78 is 6.57. The summed E-state index contributed by atoms with van der Waals surface area (Å²) in [6.07, 6.45) is 8.27. The molecule has 4 aliphatic heterocycles. The van der Waals surface area contributed by atoms with Crippen molar-refractivity contribution in [2.75, 3.05) is 6.54 Å². The fourth-order valence-corrected chi connectivity index (χ4v) is 6.83. The highest BCUT2D eigenvalue weighted by molar-refractivity contribution is 5.77. The van der Waals surface area contributed by atoms with Crippen molar-refractivity contribution in [2.24, 2.45) is 23.7 Å². The zero-order valence-electron chi connectivity index (χ0n) is 12.9. The Morgan fingerprint density at radius 2 is 2.14 bits per heavy atom. The molecule has 4 unspecified atom stereocenters. The molecule has 0 aromatic rings. The molecule has 0 aromatic carbocycles. The van der Waals surface area contributed by atoms with E-state index in [1.165, 1.54) is 25.7 Å². The number of amides is 1. The topological polar surface area (TPSA) is 50.4 Å². The molecule has 0 aromatic heterocycles. The Morgan fingerprint density at radius 3 is 3.05 bits per heavy atom. The largest absolute Gasteiger partial charge is 0.352 e. The maximum Gasteiger partial charge on any atom is 0.222 e. The number of carbonyl (C=O) groups is 1. The van der Waals surface area contributed by atoms with Gasteiger partial charge in [0.25, 0.3) is 0 Å². The Labute approximate surface area is 126 Å². The van der Waals surface area contributed by atoms with Gasteiger partial charge in [0.05, 0.1) is 6.10 Å². The number of rotatable bonds is 0. The van der Waals surface area contributed by atoms with Crippen LogP contribution in [0.1, 0.15) is 51.9 Å². The first-order valence-electron chi connectivity index (χ1n) is 8.87. The molecule has 4 heteroatoms. The van der Waals surface area contributed by atoms with Crippen LogP contribution >= 0.6 is 0 Å². The van der Waals surface area contributed by atoms with E-state index >= 15 is 0 Å². The fourth-order valence-electron chi connectivity index (χ4n) is 6.83. The van der Waals surface area contributed by atoms with Gasteiger partial charge in [-0.15, -0.1) is 0 Å². The second-order valence-corrected chi connectivity index (χ2v) is 8.23. The summed E-state index contributed by atoms with van der Waals surface area (Å²) in [5.74, 6) is 2.87. The van der Waals surface area contributed by atoms with Crippen LogP contribution in [0.15, 0.2) is 0 Å². The lowest BCUT2D eigenvalue weighted by Crippen LogP contribution is -2.76. The SMILES string of the molecule is CC1O[C@]23C[C@@H]4CC1C[C@]1(NCCCC41)C2CCC(=O)N3. The molecule has 4 bridgehead atoms. The van der Waals surface area contributed by atoms with Crippen molar-refractivity contribution in [3.8, 4) is 0 Å². The molecule has 4 nitrogen and oxygen atoms in total. The van der Waals surface area contributed by atoms with E-state index in [1.807, 2.05) is 0 Å². The molecule has 1 amide bonds. The third kappa shape index (κ3) is 1.51. The molecule has 2 saturated carbocycles. The molecule has 4 heterocycles. The number of fused-ring (bicyclic) bond motifs is 1. The molecule has 6 rings (SSSR count). The average molecular weight is 290 g/mol. The average Bonchev–Trinajstić information content (AvgIpc) is 2.59. The molecule has 4 saturated heterocycles. The van der Waals surface area contributed by atoms with E-state index in [2.05, 4.69) is 17.6 Å². The molecule has 2 N–H and O–H groups in total. The van der Waals surface area contributed by atoms with Crippen molar-refractivity contribution in [1.82, 2.24) is 10.6 Å². The highest BCUT2D eigenvalue weighted by atomic mass is 16.5. The molecule has 2 spiro atoms. The Kier molecular flexibility index (Phi) is 2.47. The quantitative estimate of drug-likeness (QED) is 0.715. The Balaban J connectivity index is 1.67. The maximum atomic E-state index is 12.1. The van der Waals surface area contributed by atoms with E-state index < -0.39 is 0 Å². The van der Waals surface area contributed by atoms with Crippen LogP contribution in [0.4, 0.5) is 0 Å². The van der Waals surface area contributed by atoms with Crippen LogP contribution in [0.2, 0.25) is 0 Å². The maximum absolute atomic E-state index is 12.1. The second kappa shape index (κ2) is 4.02. The predicted octanol–water partition coefficient (Wildman–Crippen LogP) is 1.80. The molecule has 6 fully saturated rings. The first-order valence-corrected chi connectivity index (χ1v) is 8.87. The van der Waals surface area contributed by atoms with Crippen LogP contribution in [0, 0.1) is 23.7 Å². The zero-order valence-corrected chi connectivity index (χ0v) is 12.9. The van der Waals surface area contributed by atoms with Gasteiger partial charge >= 0.3 is 0 Å². The lowest BCUT2D eigenvalue weighted by molar-refractivity contribution is -0.203. The van der Waals surface area contributed by atoms with Crippen LogP contribution < -0.4 is 10.6 Å². The molecular formula is C17H26N2O2. The summed E-state index contributed by atoms with van der Waals surface area (Å²) in [5.41, 5.74) is -0.131. The van der Waals surface area contributed by atoms with Gasteiger partial charge in [0.1, 0.15) is 5.72 Å². The standard InChI is InChI=1S/C17H26N2O2/c1-10-11-7-12-9-17(21-10)14(4-5-15(20)19-17)16(8-11)13(12)3-2-6-18-16/h10-14,18H,2-9H2,1H3,(H,19,20)/t10?,11?,12-,13?,14?,16+,17+/m0/s1. The van der Waals surface area contributed by atoms with E-state index in [4.69, 9.17) is 4.74 Å². The van der Waals surface area contributed by atoms with Gasteiger partial charge in [-0.1, -0.05) is 0 Å². The van der Waals surface area contributed by atoms with Crippen LogP contribution in [0.25, 0.3) is 0 Å². The van der Waals surface area contributed by atoms with Gasteiger partial charge in [-0.3, -0.25) is 4.79 Å². The summed E-state index contributed by atoms with van der Waals surface area (Å²) in [4.78, 5) is 12.1. The molecular weight excluding hydrogens is 264 g/mol. The molecule has 6 aliphatic rings. The molecule has 21 heavy (non-hydrogen) atoms. The zero-order chi connectivity index (χ0) is 14.2. The summed E-state index contributed by atoms with van der Waals surface area (Å²) in [6, 6.07) is 0. The van der Waals surface area contributed by atoms with Crippen molar-refractivity contribution in [1.29, 1.82) is 0 Å². The number of piperidine rings is 2. The summed E-state index contributed by atoms with van der Waals surface area (Å²) in [6.45, 7) is 3.37. The lowest BCUT2D eigenvalue weighted by Gasteiger charge is -2.64. The van der Waals surface area contributed by atoms with Gasteiger partial charge < -0.3 is 15.4 Å². The van der Waals surface area contributed by atoms with Gasteiger partial charge in [0, 0.05) is 17.9 Å². The van der Waals surface area contributed by atoms with Gasteiger partial charge in [0.15, 0.2) is 0 Å². The Bertz CT molecular complexity index is 495. The van der Waals surface area contributed by atoms with Gasteiger partial charge in [-0.25, -0.2) is 0 Å². The van der Waals surface area contributed by atoms with Crippen LogP contribution in [-0.4, -0.2) is 29.8 Å². The smallest absolute Gasteiger partial charge is 0.222 e. The summed E-state index contributed by atoms with van der Waals surface area (Å²) in [5, 5.41) is 7.28. The fraction of sp³-hybridized carbons (Fsp3) is 0.941. The first kappa shape index (κ1) is 12.9. The van der Waals surface area contributed by atoms with Crippen molar-refractivity contribution in [3.63, 3.8) is 0 Å². The molecule has 7 atom stereocenters. The highest BCUT2D eigenvalue weighted by Gasteiger charge is 2.68. The van der Waals surface area contributed by atoms with Crippen LogP contribution in [-0.2, 0) is 9.53 Å². The van der Waals surface area contributed by atoms with Crippen molar-refractivity contribution < 1.29 is 9.53 Å². The Morgan fingerprint density at radius 1 is 1.24 bits per heavy atom. The van der Waals surface area contributed by atoms with Gasteiger partial charge in [-0.05, 0) is 69.7 Å². The van der Waals surface area contributed by atoms with Crippen LogP contribution in [0.3, 0.4) is 0 Å². The van der Waals surface area contributed by atoms with Crippen molar-refractivity contribution in [2.45, 2.75) is 69.2 Å². The minimum atomic E-state index is -0.370. The summed E-state index contributed by atoms with van der Waals surface area (Å²) in [7, 11) is 0. The highest BCUT2D eigenvalue weighted by Crippen LogP contribution is 2.63. The van der Waals surface area contributed by atoms with Crippen LogP contribution in [0.5, 0.6) is 0 Å². The van der Waals surface area contributed by atoms with E-state index in [0.29, 0.717) is 18.3 Å². The number of hydrogen-bond donors (Lipinski definition) is 2. The predicted molar refractivity (Wildman–Crippen MR) is 78.4 cm³/mol. The molecule has 0 radical (unpaired) electrons. The monoisotopic (exact) mass is 290 g/mol. The normalized spacial score (nSPS) is 58.1. The number of nitrogens with one attached hydrogen (secondary N) is 2. The van der Waals surface area contributed by atoms with Crippen molar-refractivity contribution >= 4 is 5.91 Å². The minimum Gasteiger partial charge on any atom is -0.352 e. The molecule has 2 aliphatic carbocycles.